The van der Waals surface area contributed by atoms with Gasteiger partial charge in [0.05, 0.1) is 17.2 Å². The van der Waals surface area contributed by atoms with Gasteiger partial charge in [-0.2, -0.15) is 13.2 Å². The van der Waals surface area contributed by atoms with Crippen molar-refractivity contribution in [2.24, 2.45) is 0 Å². The standard InChI is InChI=1S/C20H13Cl2F3O3/c1-27-19(26)16-15(11-6-3-2-4-7-11)14(28-18(16)20(23,24)25)10-12-8-5-9-13(21)17(12)22/h2-9H,10H2,1H3. The van der Waals surface area contributed by atoms with Gasteiger partial charge in [-0.1, -0.05) is 65.7 Å². The second-order valence-corrected chi connectivity index (χ2v) is 6.63. The molecule has 28 heavy (non-hydrogen) atoms. The van der Waals surface area contributed by atoms with Crippen LogP contribution in [0, 0.1) is 0 Å². The van der Waals surface area contributed by atoms with Crippen molar-refractivity contribution in [1.82, 2.24) is 0 Å². The third kappa shape index (κ3) is 3.88. The number of rotatable bonds is 4. The van der Waals surface area contributed by atoms with Gasteiger partial charge in [0.15, 0.2) is 0 Å². The van der Waals surface area contributed by atoms with Gasteiger partial charge >= 0.3 is 12.1 Å². The van der Waals surface area contributed by atoms with E-state index in [0.29, 0.717) is 11.1 Å². The van der Waals surface area contributed by atoms with Crippen LogP contribution in [0.2, 0.25) is 10.0 Å². The summed E-state index contributed by atoms with van der Waals surface area (Å²) in [4.78, 5) is 12.2. The van der Waals surface area contributed by atoms with Crippen LogP contribution < -0.4 is 0 Å². The number of hydrogen-bond acceptors (Lipinski definition) is 3. The zero-order valence-electron chi connectivity index (χ0n) is 14.4. The second-order valence-electron chi connectivity index (χ2n) is 5.85. The predicted molar refractivity (Wildman–Crippen MR) is 99.8 cm³/mol. The predicted octanol–water partition coefficient (Wildman–Crippen LogP) is 6.65. The number of ether oxygens (including phenoxy) is 1. The minimum atomic E-state index is -4.89. The van der Waals surface area contributed by atoms with Crippen LogP contribution in [0.3, 0.4) is 0 Å². The molecule has 146 valence electrons. The summed E-state index contributed by atoms with van der Waals surface area (Å²) in [6.07, 6.45) is -4.98. The quantitative estimate of drug-likeness (QED) is 0.436. The summed E-state index contributed by atoms with van der Waals surface area (Å²) in [6.45, 7) is 0. The number of hydrogen-bond donors (Lipinski definition) is 0. The molecule has 3 aromatic rings. The molecule has 0 saturated heterocycles. The normalized spacial score (nSPS) is 11.5. The van der Waals surface area contributed by atoms with Crippen LogP contribution in [-0.4, -0.2) is 13.1 Å². The maximum absolute atomic E-state index is 13.6. The van der Waals surface area contributed by atoms with Crippen LogP contribution in [0.25, 0.3) is 11.1 Å². The van der Waals surface area contributed by atoms with E-state index in [0.717, 1.165) is 7.11 Å². The van der Waals surface area contributed by atoms with E-state index in [1.807, 2.05) is 0 Å². The fourth-order valence-corrected chi connectivity index (χ4v) is 3.25. The molecule has 0 bridgehead atoms. The van der Waals surface area contributed by atoms with Crippen molar-refractivity contribution in [2.75, 3.05) is 7.11 Å². The molecule has 8 heteroatoms. The van der Waals surface area contributed by atoms with Crippen LogP contribution in [0.4, 0.5) is 13.2 Å². The average Bonchev–Trinajstić information content (AvgIpc) is 3.05. The lowest BCUT2D eigenvalue weighted by Gasteiger charge is -2.08. The molecule has 2 aromatic carbocycles. The molecule has 0 radical (unpaired) electrons. The fraction of sp³-hybridized carbons (Fsp3) is 0.150. The Balaban J connectivity index is 2.28. The maximum Gasteiger partial charge on any atom is 0.450 e. The van der Waals surface area contributed by atoms with Crippen molar-refractivity contribution in [2.45, 2.75) is 12.6 Å². The second kappa shape index (κ2) is 7.89. The molecule has 3 nitrogen and oxygen atoms in total. The smallest absolute Gasteiger partial charge is 0.450 e. The number of alkyl halides is 3. The van der Waals surface area contributed by atoms with Crippen molar-refractivity contribution in [3.05, 3.63) is 81.2 Å². The highest BCUT2D eigenvalue weighted by Gasteiger charge is 2.43. The summed E-state index contributed by atoms with van der Waals surface area (Å²) in [7, 11) is 1.01. The zero-order valence-corrected chi connectivity index (χ0v) is 16.0. The number of carbonyl (C=O) groups is 1. The lowest BCUT2D eigenvalue weighted by molar-refractivity contribution is -0.153. The molecule has 0 unspecified atom stereocenters. The molecule has 0 aliphatic heterocycles. The molecule has 0 fully saturated rings. The first kappa shape index (κ1) is 20.3. The van der Waals surface area contributed by atoms with E-state index >= 15 is 0 Å². The topological polar surface area (TPSA) is 39.4 Å². The van der Waals surface area contributed by atoms with Gasteiger partial charge < -0.3 is 9.15 Å². The van der Waals surface area contributed by atoms with Crippen LogP contribution in [0.15, 0.2) is 52.9 Å². The molecule has 1 heterocycles. The molecule has 0 N–H and O–H groups in total. The Bertz CT molecular complexity index is 1010. The van der Waals surface area contributed by atoms with Crippen LogP contribution in [0.5, 0.6) is 0 Å². The number of benzene rings is 2. The van der Waals surface area contributed by atoms with Gasteiger partial charge in [-0.25, -0.2) is 4.79 Å². The van der Waals surface area contributed by atoms with Gasteiger partial charge in [-0.05, 0) is 17.2 Å². The van der Waals surface area contributed by atoms with Crippen LogP contribution in [-0.2, 0) is 17.3 Å². The van der Waals surface area contributed by atoms with Crippen molar-refractivity contribution in [1.29, 1.82) is 0 Å². The van der Waals surface area contributed by atoms with Crippen molar-refractivity contribution in [3.63, 3.8) is 0 Å². The Hall–Kier alpha value is -2.44. The van der Waals surface area contributed by atoms with Crippen LogP contribution in [0.1, 0.15) is 27.4 Å². The average molecular weight is 429 g/mol. The van der Waals surface area contributed by atoms with Crippen molar-refractivity contribution in [3.8, 4) is 11.1 Å². The number of esters is 1. The largest absolute Gasteiger partial charge is 0.465 e. The van der Waals surface area contributed by atoms with E-state index in [-0.39, 0.29) is 27.8 Å². The van der Waals surface area contributed by atoms with E-state index in [1.54, 1.807) is 48.5 Å². The van der Waals surface area contributed by atoms with E-state index in [2.05, 4.69) is 4.74 Å². The van der Waals surface area contributed by atoms with Gasteiger partial charge in [0.2, 0.25) is 5.76 Å². The number of carbonyl (C=O) groups excluding carboxylic acids is 1. The Morgan fingerprint density at radius 1 is 1.07 bits per heavy atom. The summed E-state index contributed by atoms with van der Waals surface area (Å²) in [6, 6.07) is 13.0. The Morgan fingerprint density at radius 3 is 2.36 bits per heavy atom. The highest BCUT2D eigenvalue weighted by Crippen LogP contribution is 2.42. The zero-order chi connectivity index (χ0) is 20.5. The van der Waals surface area contributed by atoms with Gasteiger partial charge in [0.1, 0.15) is 11.3 Å². The molecule has 1 aromatic heterocycles. The summed E-state index contributed by atoms with van der Waals surface area (Å²) >= 11 is 12.2. The van der Waals surface area contributed by atoms with Crippen LogP contribution >= 0.6 is 23.2 Å². The molecule has 0 saturated carbocycles. The summed E-state index contributed by atoms with van der Waals surface area (Å²) in [5.74, 6) is -2.62. The molecular formula is C20H13Cl2F3O3. The molecule has 0 amide bonds. The summed E-state index contributed by atoms with van der Waals surface area (Å²) < 4.78 is 50.5. The highest BCUT2D eigenvalue weighted by atomic mass is 35.5. The first-order valence-corrected chi connectivity index (χ1v) is 8.79. The number of methoxy groups -OCH3 is 1. The minimum absolute atomic E-state index is 0.0100. The first-order chi connectivity index (χ1) is 13.2. The minimum Gasteiger partial charge on any atom is -0.465 e. The third-order valence-electron chi connectivity index (χ3n) is 4.07. The Labute approximate surface area is 168 Å². The SMILES string of the molecule is COC(=O)c1c(C(F)(F)F)oc(Cc2cccc(Cl)c2Cl)c1-c1ccccc1. The Morgan fingerprint density at radius 2 is 1.75 bits per heavy atom. The fourth-order valence-electron chi connectivity index (χ4n) is 2.87. The summed E-state index contributed by atoms with van der Waals surface area (Å²) in [5.41, 5.74) is 0.186. The lowest BCUT2D eigenvalue weighted by Crippen LogP contribution is -2.12. The van der Waals surface area contributed by atoms with Crippen molar-refractivity contribution < 1.29 is 27.1 Å². The number of furan rings is 1. The molecule has 3 rings (SSSR count). The van der Waals surface area contributed by atoms with Gasteiger partial charge in [-0.3, -0.25) is 0 Å². The van der Waals surface area contributed by atoms with E-state index < -0.39 is 23.5 Å². The third-order valence-corrected chi connectivity index (χ3v) is 4.93. The van der Waals surface area contributed by atoms with Gasteiger partial charge in [0.25, 0.3) is 0 Å². The monoisotopic (exact) mass is 428 g/mol. The number of halogens is 5. The lowest BCUT2D eigenvalue weighted by atomic mass is 9.97. The molecule has 0 spiro atoms. The molecule has 0 atom stereocenters. The first-order valence-electron chi connectivity index (χ1n) is 8.03. The van der Waals surface area contributed by atoms with Gasteiger partial charge in [-0.15, -0.1) is 0 Å². The highest BCUT2D eigenvalue weighted by molar-refractivity contribution is 6.42. The maximum atomic E-state index is 13.6. The van der Waals surface area contributed by atoms with E-state index in [9.17, 15) is 18.0 Å². The molecule has 0 aliphatic rings. The van der Waals surface area contributed by atoms with E-state index in [4.69, 9.17) is 27.6 Å². The molecule has 0 aliphatic carbocycles. The summed E-state index contributed by atoms with van der Waals surface area (Å²) in [5, 5.41) is 0.462. The van der Waals surface area contributed by atoms with E-state index in [1.165, 1.54) is 0 Å². The van der Waals surface area contributed by atoms with Gasteiger partial charge in [0, 0.05) is 12.0 Å². The molecular weight excluding hydrogens is 416 g/mol. The van der Waals surface area contributed by atoms with Crippen molar-refractivity contribution >= 4 is 29.2 Å². The Kier molecular flexibility index (Phi) is 5.72.